The Morgan fingerprint density at radius 3 is 2.71 bits per heavy atom. The molecule has 2 aliphatic heterocycles. The van der Waals surface area contributed by atoms with Crippen LogP contribution in [0.4, 0.5) is 10.5 Å². The average molecular weight is 516 g/mol. The van der Waals surface area contributed by atoms with Gasteiger partial charge in [-0.3, -0.25) is 9.69 Å². The van der Waals surface area contributed by atoms with Crippen LogP contribution in [0.25, 0.3) is 17.0 Å². The van der Waals surface area contributed by atoms with Gasteiger partial charge in [-0.2, -0.15) is 0 Å². The molecule has 0 aliphatic carbocycles. The number of benzene rings is 2. The molecule has 3 heterocycles. The first-order valence-corrected chi connectivity index (χ1v) is 12.2. The number of carbonyl (C=O) groups is 2. The number of para-hydroxylation sites is 2. The summed E-state index contributed by atoms with van der Waals surface area (Å²) in [7, 11) is 1.48. The molecule has 195 valence electrons. The highest BCUT2D eigenvalue weighted by atomic mass is 16.5. The number of hydrogen-bond acceptors (Lipinski definition) is 7. The molecule has 2 aliphatic rings. The highest BCUT2D eigenvalue weighted by Crippen LogP contribution is 2.49. The predicted octanol–water partition coefficient (Wildman–Crippen LogP) is 5.13. The SMILES string of the molecule is CCCc1[c]c(=O)oc2c3c(c4c(c12)OC(C)(C)C=C4)OC(=CN(C(N)=O)c1ccccc1OC)CC3=O. The molecule has 3 aromatic rings. The van der Waals surface area contributed by atoms with Crippen molar-refractivity contribution < 1.29 is 28.2 Å². The van der Waals surface area contributed by atoms with Crippen LogP contribution in [0.5, 0.6) is 17.2 Å². The molecule has 1 radical (unpaired) electrons. The van der Waals surface area contributed by atoms with Crippen LogP contribution in [0, 0.1) is 6.07 Å². The van der Waals surface area contributed by atoms with Gasteiger partial charge in [0.15, 0.2) is 17.1 Å². The fourth-order valence-corrected chi connectivity index (χ4v) is 4.73. The van der Waals surface area contributed by atoms with Crippen LogP contribution in [0.2, 0.25) is 0 Å². The third-order valence-corrected chi connectivity index (χ3v) is 6.37. The molecule has 0 atom stereocenters. The smallest absolute Gasteiger partial charge is 0.344 e. The van der Waals surface area contributed by atoms with E-state index in [0.717, 1.165) is 11.3 Å². The number of urea groups is 1. The van der Waals surface area contributed by atoms with E-state index in [1.165, 1.54) is 13.3 Å². The van der Waals surface area contributed by atoms with Gasteiger partial charge in [0.25, 0.3) is 0 Å². The van der Waals surface area contributed by atoms with Crippen molar-refractivity contribution in [3.63, 3.8) is 0 Å². The van der Waals surface area contributed by atoms with Crippen molar-refractivity contribution in [3.8, 4) is 17.2 Å². The van der Waals surface area contributed by atoms with Crippen molar-refractivity contribution >= 4 is 34.5 Å². The lowest BCUT2D eigenvalue weighted by atomic mass is 9.90. The van der Waals surface area contributed by atoms with E-state index >= 15 is 0 Å². The zero-order chi connectivity index (χ0) is 27.2. The number of amides is 2. The van der Waals surface area contributed by atoms with Gasteiger partial charge in [-0.1, -0.05) is 25.5 Å². The Hall–Kier alpha value is -4.53. The molecule has 9 nitrogen and oxygen atoms in total. The molecule has 9 heteroatoms. The Morgan fingerprint density at radius 1 is 1.24 bits per heavy atom. The average Bonchev–Trinajstić information content (AvgIpc) is 2.86. The van der Waals surface area contributed by atoms with Gasteiger partial charge >= 0.3 is 11.7 Å². The number of nitrogens with zero attached hydrogens (tertiary/aromatic N) is 1. The molecule has 0 saturated carbocycles. The molecule has 1 aromatic heterocycles. The number of ketones is 1. The van der Waals surface area contributed by atoms with E-state index in [1.807, 2.05) is 32.9 Å². The quantitative estimate of drug-likeness (QED) is 0.468. The molecule has 2 amide bonds. The summed E-state index contributed by atoms with van der Waals surface area (Å²) in [5.41, 5.74) is 6.14. The highest BCUT2D eigenvalue weighted by Gasteiger charge is 2.36. The van der Waals surface area contributed by atoms with Gasteiger partial charge in [-0.25, -0.2) is 9.59 Å². The lowest BCUT2D eigenvalue weighted by Gasteiger charge is -2.32. The Morgan fingerprint density at radius 2 is 2.00 bits per heavy atom. The van der Waals surface area contributed by atoms with Gasteiger partial charge in [0.2, 0.25) is 0 Å². The molecular formula is C29H27N2O7. The van der Waals surface area contributed by atoms with Crippen molar-refractivity contribution in [3.05, 3.63) is 75.5 Å². The summed E-state index contributed by atoms with van der Waals surface area (Å²) in [6, 6.07) is 8.81. The van der Waals surface area contributed by atoms with Crippen LogP contribution in [-0.2, 0) is 6.42 Å². The lowest BCUT2D eigenvalue weighted by molar-refractivity contribution is 0.0963. The number of carbonyl (C=O) groups excluding carboxylic acids is 2. The van der Waals surface area contributed by atoms with Crippen LogP contribution < -0.4 is 30.5 Å². The van der Waals surface area contributed by atoms with Crippen LogP contribution in [-0.4, -0.2) is 24.5 Å². The van der Waals surface area contributed by atoms with E-state index in [2.05, 4.69) is 6.07 Å². The number of ether oxygens (including phenoxy) is 3. The van der Waals surface area contributed by atoms with Crippen molar-refractivity contribution in [1.82, 2.24) is 0 Å². The number of hydrogen-bond donors (Lipinski definition) is 1. The van der Waals surface area contributed by atoms with Gasteiger partial charge in [0, 0.05) is 0 Å². The predicted molar refractivity (Wildman–Crippen MR) is 142 cm³/mol. The molecule has 38 heavy (non-hydrogen) atoms. The van der Waals surface area contributed by atoms with Crippen LogP contribution in [0.1, 0.15) is 55.1 Å². The van der Waals surface area contributed by atoms with Gasteiger partial charge in [0.05, 0.1) is 42.4 Å². The molecular weight excluding hydrogens is 488 g/mol. The summed E-state index contributed by atoms with van der Waals surface area (Å²) in [6.45, 7) is 5.78. The summed E-state index contributed by atoms with van der Waals surface area (Å²) in [6.07, 6.45) is 6.17. The number of Topliss-reactive ketones (excluding diaryl/α,β-unsaturated/α-hetero) is 1. The zero-order valence-corrected chi connectivity index (χ0v) is 21.5. The number of methoxy groups -OCH3 is 1. The van der Waals surface area contributed by atoms with E-state index in [4.69, 9.17) is 24.4 Å². The summed E-state index contributed by atoms with van der Waals surface area (Å²) in [5.74, 6) is 0.868. The number of allylic oxidation sites excluding steroid dienone is 1. The zero-order valence-electron chi connectivity index (χ0n) is 21.5. The number of primary amides is 1. The fourth-order valence-electron chi connectivity index (χ4n) is 4.73. The van der Waals surface area contributed by atoms with E-state index < -0.39 is 17.3 Å². The number of nitrogens with two attached hydrogens (primary N) is 1. The van der Waals surface area contributed by atoms with Crippen molar-refractivity contribution in [1.29, 1.82) is 0 Å². The van der Waals surface area contributed by atoms with Crippen LogP contribution in [0.3, 0.4) is 0 Å². The molecule has 2 N–H and O–H groups in total. The molecule has 0 saturated heterocycles. The van der Waals surface area contributed by atoms with Crippen LogP contribution >= 0.6 is 0 Å². The molecule has 2 aromatic carbocycles. The Kier molecular flexibility index (Phi) is 6.22. The number of aryl methyl sites for hydroxylation is 1. The minimum absolute atomic E-state index is 0.109. The van der Waals surface area contributed by atoms with E-state index in [1.54, 1.807) is 24.3 Å². The van der Waals surface area contributed by atoms with Gasteiger partial charge in [0.1, 0.15) is 28.4 Å². The van der Waals surface area contributed by atoms with Crippen molar-refractivity contribution in [2.45, 2.75) is 45.6 Å². The second-order valence-corrected chi connectivity index (χ2v) is 9.61. The van der Waals surface area contributed by atoms with Crippen molar-refractivity contribution in [2.24, 2.45) is 5.73 Å². The summed E-state index contributed by atoms with van der Waals surface area (Å²) >= 11 is 0. The Bertz CT molecular complexity index is 1600. The molecule has 0 fully saturated rings. The van der Waals surface area contributed by atoms with E-state index in [0.29, 0.717) is 40.1 Å². The third kappa shape index (κ3) is 4.30. The van der Waals surface area contributed by atoms with Crippen molar-refractivity contribution in [2.75, 3.05) is 12.0 Å². The van der Waals surface area contributed by atoms with E-state index in [-0.39, 0.29) is 34.9 Å². The molecule has 0 bridgehead atoms. The summed E-state index contributed by atoms with van der Waals surface area (Å²) in [4.78, 5) is 39.6. The first kappa shape index (κ1) is 25.1. The minimum atomic E-state index is -0.792. The number of anilines is 1. The minimum Gasteiger partial charge on any atom is -0.495 e. The molecule has 0 unspecified atom stereocenters. The maximum Gasteiger partial charge on any atom is 0.344 e. The second kappa shape index (κ2) is 9.41. The lowest BCUT2D eigenvalue weighted by Crippen LogP contribution is -2.33. The maximum absolute atomic E-state index is 13.6. The second-order valence-electron chi connectivity index (χ2n) is 9.61. The number of rotatable bonds is 5. The topological polar surface area (TPSA) is 121 Å². The first-order chi connectivity index (χ1) is 18.1. The molecule has 5 rings (SSSR count). The largest absolute Gasteiger partial charge is 0.495 e. The Labute approximate surface area is 219 Å². The van der Waals surface area contributed by atoms with Gasteiger partial charge < -0.3 is 24.4 Å². The summed E-state index contributed by atoms with van der Waals surface area (Å²) in [5, 5.41) is 0.537. The third-order valence-electron chi connectivity index (χ3n) is 6.37. The Balaban J connectivity index is 1.73. The monoisotopic (exact) mass is 515 g/mol. The van der Waals surface area contributed by atoms with E-state index in [9.17, 15) is 14.4 Å². The standard InChI is InChI=1S/C29H27N2O7/c1-5-8-16-13-22(33)37-27-23(16)26-18(11-12-29(2,3)38-26)25-24(27)20(32)14-17(36-25)15-31(28(30)34)19-9-6-7-10-21(19)35-4/h6-7,9-12,15H,5,8,14H2,1-4H3,(H2,30,34). The maximum atomic E-state index is 13.6. The first-order valence-electron chi connectivity index (χ1n) is 12.2. The molecule has 0 spiro atoms. The highest BCUT2D eigenvalue weighted by molar-refractivity contribution is 6.14. The normalized spacial score (nSPS) is 16.4. The van der Waals surface area contributed by atoms with Crippen LogP contribution in [0.15, 0.2) is 51.5 Å². The number of fused-ring (bicyclic) bond motifs is 6. The fraction of sp³-hybridized carbons (Fsp3) is 0.276. The van der Waals surface area contributed by atoms with Gasteiger partial charge in [-0.15, -0.1) is 0 Å². The van der Waals surface area contributed by atoms with Gasteiger partial charge in [-0.05, 0) is 50.1 Å². The summed E-state index contributed by atoms with van der Waals surface area (Å²) < 4.78 is 23.5.